The van der Waals surface area contributed by atoms with Crippen LogP contribution in [0.15, 0.2) is 22.8 Å². The van der Waals surface area contributed by atoms with Crippen molar-refractivity contribution < 1.29 is 13.2 Å². The number of hydrogen-bond donors (Lipinski definition) is 0. The van der Waals surface area contributed by atoms with Gasteiger partial charge in [0.25, 0.3) is 0 Å². The summed E-state index contributed by atoms with van der Waals surface area (Å²) in [5, 5.41) is 0. The summed E-state index contributed by atoms with van der Waals surface area (Å²) in [5.41, 5.74) is 0.917. The molecule has 0 saturated carbocycles. The second-order valence-corrected chi connectivity index (χ2v) is 3.96. The van der Waals surface area contributed by atoms with Gasteiger partial charge >= 0.3 is 6.18 Å². The van der Waals surface area contributed by atoms with E-state index < -0.39 is 12.0 Å². The largest absolute Gasteiger partial charge is 0.450 e. The van der Waals surface area contributed by atoms with Gasteiger partial charge in [0, 0.05) is 10.2 Å². The Morgan fingerprint density at radius 1 is 1.33 bits per heavy atom. The van der Waals surface area contributed by atoms with E-state index in [2.05, 4.69) is 20.9 Å². The molecule has 0 bridgehead atoms. The van der Waals surface area contributed by atoms with Crippen molar-refractivity contribution >= 4 is 21.4 Å². The van der Waals surface area contributed by atoms with Crippen LogP contribution >= 0.6 is 15.9 Å². The topological polar surface area (TPSA) is 17.3 Å². The standard InChI is InChI=1S/C9H6BrF3N2/c1-5-7(10)3-2-6-4-14-8(15(5)6)9(11,12)13/h2-4H,1H3. The minimum atomic E-state index is -4.43. The van der Waals surface area contributed by atoms with Crippen LogP contribution in [0.4, 0.5) is 13.2 Å². The number of halogens is 4. The highest BCUT2D eigenvalue weighted by Crippen LogP contribution is 2.30. The summed E-state index contributed by atoms with van der Waals surface area (Å²) in [6.07, 6.45) is -3.22. The number of alkyl halides is 3. The van der Waals surface area contributed by atoms with Crippen molar-refractivity contribution in [1.29, 1.82) is 0 Å². The molecule has 0 fully saturated rings. The average molecular weight is 279 g/mol. The zero-order valence-corrected chi connectivity index (χ0v) is 9.22. The number of rotatable bonds is 0. The summed E-state index contributed by atoms with van der Waals surface area (Å²) in [7, 11) is 0. The first kappa shape index (κ1) is 10.5. The zero-order valence-electron chi connectivity index (χ0n) is 7.64. The predicted octanol–water partition coefficient (Wildman–Crippen LogP) is 3.42. The number of pyridine rings is 1. The highest BCUT2D eigenvalue weighted by atomic mass is 79.9. The fraction of sp³-hybridized carbons (Fsp3) is 0.222. The van der Waals surface area contributed by atoms with E-state index in [1.165, 1.54) is 6.20 Å². The molecule has 0 atom stereocenters. The van der Waals surface area contributed by atoms with Crippen LogP contribution in [0.5, 0.6) is 0 Å². The quantitative estimate of drug-likeness (QED) is 0.722. The zero-order chi connectivity index (χ0) is 11.2. The third-order valence-electron chi connectivity index (χ3n) is 2.12. The lowest BCUT2D eigenvalue weighted by Gasteiger charge is -2.08. The lowest BCUT2D eigenvalue weighted by atomic mass is 10.3. The second-order valence-electron chi connectivity index (χ2n) is 3.11. The first-order valence-corrected chi connectivity index (χ1v) is 4.90. The Hall–Kier alpha value is -1.04. The third-order valence-corrected chi connectivity index (χ3v) is 2.96. The van der Waals surface area contributed by atoms with Crippen LogP contribution < -0.4 is 0 Å². The van der Waals surface area contributed by atoms with Crippen molar-refractivity contribution in [3.05, 3.63) is 34.3 Å². The average Bonchev–Trinajstić information content (AvgIpc) is 2.54. The molecule has 0 radical (unpaired) electrons. The Morgan fingerprint density at radius 3 is 2.60 bits per heavy atom. The van der Waals surface area contributed by atoms with Crippen molar-refractivity contribution in [2.45, 2.75) is 13.1 Å². The Bertz CT molecular complexity index is 516. The molecular formula is C9H6BrF3N2. The molecule has 0 spiro atoms. The Morgan fingerprint density at radius 2 is 2.00 bits per heavy atom. The molecule has 2 heterocycles. The van der Waals surface area contributed by atoms with Crippen molar-refractivity contribution in [2.75, 3.05) is 0 Å². The summed E-state index contributed by atoms with van der Waals surface area (Å²) >= 11 is 3.19. The minimum Gasteiger partial charge on any atom is -0.292 e. The van der Waals surface area contributed by atoms with Crippen LogP contribution in [-0.4, -0.2) is 9.38 Å². The van der Waals surface area contributed by atoms with E-state index in [1.807, 2.05) is 0 Å². The van der Waals surface area contributed by atoms with Crippen molar-refractivity contribution in [3.8, 4) is 0 Å². The van der Waals surface area contributed by atoms with E-state index in [0.717, 1.165) is 4.40 Å². The van der Waals surface area contributed by atoms with E-state index in [0.29, 0.717) is 15.7 Å². The van der Waals surface area contributed by atoms with Crippen LogP contribution in [0, 0.1) is 6.92 Å². The predicted molar refractivity (Wildman–Crippen MR) is 52.6 cm³/mol. The molecule has 6 heteroatoms. The highest BCUT2D eigenvalue weighted by molar-refractivity contribution is 9.10. The van der Waals surface area contributed by atoms with E-state index in [1.54, 1.807) is 19.1 Å². The van der Waals surface area contributed by atoms with Gasteiger partial charge in [0.2, 0.25) is 5.82 Å². The number of fused-ring (bicyclic) bond motifs is 1. The fourth-order valence-corrected chi connectivity index (χ4v) is 1.73. The Balaban J connectivity index is 2.84. The SMILES string of the molecule is Cc1c(Br)ccc2cnc(C(F)(F)F)n12. The maximum Gasteiger partial charge on any atom is 0.450 e. The molecule has 0 N–H and O–H groups in total. The van der Waals surface area contributed by atoms with Gasteiger partial charge in [-0.2, -0.15) is 13.2 Å². The summed E-state index contributed by atoms with van der Waals surface area (Å²) in [6, 6.07) is 3.28. The van der Waals surface area contributed by atoms with Crippen LogP contribution in [0.2, 0.25) is 0 Å². The van der Waals surface area contributed by atoms with Gasteiger partial charge in [-0.25, -0.2) is 4.98 Å². The van der Waals surface area contributed by atoms with Crippen LogP contribution in [-0.2, 0) is 6.18 Å². The first-order valence-electron chi connectivity index (χ1n) is 4.11. The molecule has 2 aromatic heterocycles. The third kappa shape index (κ3) is 1.62. The van der Waals surface area contributed by atoms with E-state index in [-0.39, 0.29) is 0 Å². The number of hydrogen-bond acceptors (Lipinski definition) is 1. The summed E-state index contributed by atoms with van der Waals surface area (Å²) in [5.74, 6) is -0.892. The summed E-state index contributed by atoms with van der Waals surface area (Å²) in [4.78, 5) is 3.39. The number of aryl methyl sites for hydroxylation is 1. The molecule has 0 aliphatic heterocycles. The fourth-order valence-electron chi connectivity index (χ4n) is 1.42. The molecule has 2 rings (SSSR count). The van der Waals surface area contributed by atoms with Gasteiger partial charge in [-0.1, -0.05) is 0 Å². The number of aromatic nitrogens is 2. The molecule has 0 unspecified atom stereocenters. The minimum absolute atomic E-state index is 0.433. The first-order chi connectivity index (χ1) is 6.91. The summed E-state index contributed by atoms with van der Waals surface area (Å²) < 4.78 is 39.4. The molecule has 0 amide bonds. The molecule has 80 valence electrons. The maximum absolute atomic E-state index is 12.6. The lowest BCUT2D eigenvalue weighted by molar-refractivity contribution is -0.145. The lowest BCUT2D eigenvalue weighted by Crippen LogP contribution is -2.12. The van der Waals surface area contributed by atoms with Crippen LogP contribution in [0.25, 0.3) is 5.52 Å². The van der Waals surface area contributed by atoms with Gasteiger partial charge < -0.3 is 0 Å². The molecule has 2 nitrogen and oxygen atoms in total. The highest BCUT2D eigenvalue weighted by Gasteiger charge is 2.36. The molecule has 0 aliphatic carbocycles. The normalized spacial score (nSPS) is 12.3. The number of nitrogens with zero attached hydrogens (tertiary/aromatic N) is 2. The molecular weight excluding hydrogens is 273 g/mol. The monoisotopic (exact) mass is 278 g/mol. The number of imidazole rings is 1. The van der Waals surface area contributed by atoms with Crippen LogP contribution in [0.1, 0.15) is 11.5 Å². The molecule has 15 heavy (non-hydrogen) atoms. The van der Waals surface area contributed by atoms with Crippen molar-refractivity contribution in [3.63, 3.8) is 0 Å². The Kier molecular flexibility index (Phi) is 2.26. The molecule has 0 aliphatic rings. The molecule has 2 aromatic rings. The maximum atomic E-state index is 12.6. The van der Waals surface area contributed by atoms with Gasteiger partial charge in [0.05, 0.1) is 11.7 Å². The summed E-state index contributed by atoms with van der Waals surface area (Å²) in [6.45, 7) is 1.61. The van der Waals surface area contributed by atoms with E-state index >= 15 is 0 Å². The van der Waals surface area contributed by atoms with Crippen molar-refractivity contribution in [2.24, 2.45) is 0 Å². The van der Waals surface area contributed by atoms with Crippen LogP contribution in [0.3, 0.4) is 0 Å². The van der Waals surface area contributed by atoms with Gasteiger partial charge in [0.15, 0.2) is 0 Å². The van der Waals surface area contributed by atoms with Gasteiger partial charge in [-0.3, -0.25) is 4.40 Å². The van der Waals surface area contributed by atoms with Crippen molar-refractivity contribution in [1.82, 2.24) is 9.38 Å². The molecule has 0 saturated heterocycles. The van der Waals surface area contributed by atoms with Gasteiger partial charge in [-0.05, 0) is 35.0 Å². The van der Waals surface area contributed by atoms with E-state index in [4.69, 9.17) is 0 Å². The van der Waals surface area contributed by atoms with E-state index in [9.17, 15) is 13.2 Å². The smallest absolute Gasteiger partial charge is 0.292 e. The van der Waals surface area contributed by atoms with Gasteiger partial charge in [-0.15, -0.1) is 0 Å². The second kappa shape index (κ2) is 3.23. The Labute approximate surface area is 91.9 Å². The molecule has 0 aromatic carbocycles. The van der Waals surface area contributed by atoms with Gasteiger partial charge in [0.1, 0.15) is 0 Å².